The van der Waals surface area contributed by atoms with Crippen LogP contribution in [0.25, 0.3) is 10.9 Å². The van der Waals surface area contributed by atoms with Gasteiger partial charge in [-0.2, -0.15) is 5.26 Å². The number of fused-ring (bicyclic) bond motifs is 1. The minimum atomic E-state index is 0.0987. The van der Waals surface area contributed by atoms with E-state index in [1.165, 1.54) is 0 Å². The van der Waals surface area contributed by atoms with E-state index in [9.17, 15) is 5.26 Å². The number of nitrogens with zero attached hydrogens (tertiary/aromatic N) is 3. The molecule has 6 heteroatoms. The van der Waals surface area contributed by atoms with Crippen molar-refractivity contribution in [2.75, 3.05) is 32.1 Å². The molecule has 120 valence electrons. The first kappa shape index (κ1) is 16.0. The first-order chi connectivity index (χ1) is 11.1. The van der Waals surface area contributed by atoms with Crippen LogP contribution in [-0.4, -0.2) is 48.8 Å². The van der Waals surface area contributed by atoms with Gasteiger partial charge in [0.2, 0.25) is 0 Å². The van der Waals surface area contributed by atoms with E-state index in [-0.39, 0.29) is 12.1 Å². The fraction of sp³-hybridized carbons (Fsp3) is 0.412. The number of nitriles is 1. The van der Waals surface area contributed by atoms with E-state index < -0.39 is 0 Å². The van der Waals surface area contributed by atoms with Crippen molar-refractivity contribution in [1.29, 1.82) is 5.26 Å². The Kier molecular flexibility index (Phi) is 4.67. The zero-order valence-electron chi connectivity index (χ0n) is 13.2. The quantitative estimate of drug-likeness (QED) is 0.937. The van der Waals surface area contributed by atoms with Crippen molar-refractivity contribution >= 4 is 28.3 Å². The largest absolute Gasteiger partial charge is 0.373 e. The first-order valence-corrected chi connectivity index (χ1v) is 8.01. The number of anilines is 1. The van der Waals surface area contributed by atoms with E-state index in [1.807, 2.05) is 6.07 Å². The smallest absolute Gasteiger partial charge is 0.128 e. The van der Waals surface area contributed by atoms with Crippen LogP contribution in [0.4, 0.5) is 5.82 Å². The van der Waals surface area contributed by atoms with Crippen molar-refractivity contribution < 1.29 is 4.74 Å². The summed E-state index contributed by atoms with van der Waals surface area (Å²) in [5.41, 5.74) is 1.32. The van der Waals surface area contributed by atoms with Gasteiger partial charge in [-0.15, -0.1) is 0 Å². The van der Waals surface area contributed by atoms with Crippen LogP contribution in [0.1, 0.15) is 12.5 Å². The van der Waals surface area contributed by atoms with Crippen molar-refractivity contribution in [2.45, 2.75) is 19.1 Å². The minimum absolute atomic E-state index is 0.0987. The molecule has 0 amide bonds. The number of hydrogen-bond acceptors (Lipinski definition) is 5. The Morgan fingerprint density at radius 1 is 1.48 bits per heavy atom. The number of ether oxygens (including phenoxy) is 1. The Labute approximate surface area is 140 Å². The third kappa shape index (κ3) is 3.56. The third-order valence-corrected chi connectivity index (χ3v) is 4.36. The molecule has 1 aliphatic rings. The van der Waals surface area contributed by atoms with Crippen LogP contribution in [0.15, 0.2) is 24.3 Å². The first-order valence-electron chi connectivity index (χ1n) is 7.64. The maximum absolute atomic E-state index is 9.39. The molecule has 0 radical (unpaired) electrons. The molecule has 1 aromatic carbocycles. The highest BCUT2D eigenvalue weighted by molar-refractivity contribution is 6.31. The normalized spacial score (nSPS) is 20.2. The molecular formula is C17H19ClN4O. The Morgan fingerprint density at radius 3 is 3.04 bits per heavy atom. The second-order valence-corrected chi connectivity index (χ2v) is 6.37. The molecule has 1 aromatic heterocycles. The van der Waals surface area contributed by atoms with Gasteiger partial charge in [-0.1, -0.05) is 11.6 Å². The molecule has 3 rings (SSSR count). The monoisotopic (exact) mass is 330 g/mol. The summed E-state index contributed by atoms with van der Waals surface area (Å²) >= 11 is 6.01. The lowest BCUT2D eigenvalue weighted by Gasteiger charge is -2.34. The SMILES string of the molecule is CC(Nc1cc(C#N)c2cc(Cl)ccc2n1)C1CN(C)CCO1. The van der Waals surface area contributed by atoms with Crippen LogP contribution in [0.5, 0.6) is 0 Å². The molecule has 1 saturated heterocycles. The molecule has 2 unspecified atom stereocenters. The molecule has 1 aliphatic heterocycles. The molecule has 2 heterocycles. The number of nitrogens with one attached hydrogen (secondary N) is 1. The van der Waals surface area contributed by atoms with Crippen LogP contribution < -0.4 is 5.32 Å². The molecule has 0 saturated carbocycles. The van der Waals surface area contributed by atoms with Gasteiger partial charge in [0.15, 0.2) is 0 Å². The van der Waals surface area contributed by atoms with Gasteiger partial charge in [-0.05, 0) is 38.2 Å². The summed E-state index contributed by atoms with van der Waals surface area (Å²) in [7, 11) is 2.09. The minimum Gasteiger partial charge on any atom is -0.373 e. The molecule has 23 heavy (non-hydrogen) atoms. The number of hydrogen-bond donors (Lipinski definition) is 1. The van der Waals surface area contributed by atoms with Gasteiger partial charge in [0.25, 0.3) is 0 Å². The maximum atomic E-state index is 9.39. The molecule has 0 aliphatic carbocycles. The molecule has 1 N–H and O–H groups in total. The Morgan fingerprint density at radius 2 is 2.30 bits per heavy atom. The van der Waals surface area contributed by atoms with E-state index in [0.29, 0.717) is 16.4 Å². The molecule has 1 fully saturated rings. The molecule has 0 bridgehead atoms. The Bertz CT molecular complexity index is 758. The van der Waals surface area contributed by atoms with Gasteiger partial charge in [0.1, 0.15) is 5.82 Å². The van der Waals surface area contributed by atoms with Crippen molar-refractivity contribution in [3.05, 3.63) is 34.9 Å². The maximum Gasteiger partial charge on any atom is 0.128 e. The van der Waals surface area contributed by atoms with Crippen molar-refractivity contribution in [1.82, 2.24) is 9.88 Å². The summed E-state index contributed by atoms with van der Waals surface area (Å²) in [4.78, 5) is 6.84. The summed E-state index contributed by atoms with van der Waals surface area (Å²) in [5, 5.41) is 14.1. The average Bonchev–Trinajstić information content (AvgIpc) is 2.54. The zero-order valence-corrected chi connectivity index (χ0v) is 14.0. The van der Waals surface area contributed by atoms with Crippen LogP contribution in [0.2, 0.25) is 5.02 Å². The van der Waals surface area contributed by atoms with Crippen molar-refractivity contribution in [3.63, 3.8) is 0 Å². The van der Waals surface area contributed by atoms with E-state index in [1.54, 1.807) is 18.2 Å². The fourth-order valence-electron chi connectivity index (χ4n) is 2.80. The Hall–Kier alpha value is -1.87. The highest BCUT2D eigenvalue weighted by atomic mass is 35.5. The van der Waals surface area contributed by atoms with Gasteiger partial charge in [-0.3, -0.25) is 0 Å². The Balaban J connectivity index is 1.85. The van der Waals surface area contributed by atoms with Gasteiger partial charge >= 0.3 is 0 Å². The molecule has 2 atom stereocenters. The number of morpholine rings is 1. The van der Waals surface area contributed by atoms with E-state index in [2.05, 4.69) is 35.2 Å². The lowest BCUT2D eigenvalue weighted by molar-refractivity contribution is -0.0259. The average molecular weight is 331 g/mol. The lowest BCUT2D eigenvalue weighted by atomic mass is 10.1. The number of likely N-dealkylation sites (N-methyl/N-ethyl adjacent to an activating group) is 1. The number of benzene rings is 1. The van der Waals surface area contributed by atoms with Crippen molar-refractivity contribution in [2.24, 2.45) is 0 Å². The van der Waals surface area contributed by atoms with E-state index >= 15 is 0 Å². The topological polar surface area (TPSA) is 61.2 Å². The van der Waals surface area contributed by atoms with Crippen LogP contribution in [-0.2, 0) is 4.74 Å². The van der Waals surface area contributed by atoms with Gasteiger partial charge in [-0.25, -0.2) is 4.98 Å². The van der Waals surface area contributed by atoms with E-state index in [4.69, 9.17) is 16.3 Å². The summed E-state index contributed by atoms with van der Waals surface area (Å²) in [5.74, 6) is 0.681. The zero-order chi connectivity index (χ0) is 16.4. The summed E-state index contributed by atoms with van der Waals surface area (Å²) < 4.78 is 5.83. The predicted molar refractivity (Wildman–Crippen MR) is 91.8 cm³/mol. The van der Waals surface area contributed by atoms with Crippen LogP contribution in [0.3, 0.4) is 0 Å². The molecule has 2 aromatic rings. The van der Waals surface area contributed by atoms with Crippen LogP contribution >= 0.6 is 11.6 Å². The van der Waals surface area contributed by atoms with Crippen molar-refractivity contribution in [3.8, 4) is 6.07 Å². The lowest BCUT2D eigenvalue weighted by Crippen LogP contribution is -2.47. The second kappa shape index (κ2) is 6.71. The summed E-state index contributed by atoms with van der Waals surface area (Å²) in [6, 6.07) is 9.47. The standard InChI is InChI=1S/C17H19ClN4O/c1-11(16-10-22(2)5-6-23-16)20-17-7-12(9-19)14-8-13(18)3-4-15(14)21-17/h3-4,7-8,11,16H,5-6,10H2,1-2H3,(H,20,21). The number of pyridine rings is 1. The van der Waals surface area contributed by atoms with Gasteiger partial charge < -0.3 is 15.0 Å². The van der Waals surface area contributed by atoms with E-state index in [0.717, 1.165) is 30.6 Å². The van der Waals surface area contributed by atoms with Crippen LogP contribution in [0, 0.1) is 11.3 Å². The van der Waals surface area contributed by atoms with Gasteiger partial charge in [0.05, 0.1) is 35.9 Å². The van der Waals surface area contributed by atoms with Gasteiger partial charge in [0, 0.05) is 23.5 Å². The number of rotatable bonds is 3. The number of aromatic nitrogens is 1. The number of halogens is 1. The third-order valence-electron chi connectivity index (χ3n) is 4.12. The summed E-state index contributed by atoms with van der Waals surface area (Å²) in [6.07, 6.45) is 0.0991. The highest BCUT2D eigenvalue weighted by Crippen LogP contribution is 2.24. The molecule has 0 spiro atoms. The highest BCUT2D eigenvalue weighted by Gasteiger charge is 2.24. The molecular weight excluding hydrogens is 312 g/mol. The summed E-state index contributed by atoms with van der Waals surface area (Å²) in [6.45, 7) is 4.64. The predicted octanol–water partition coefficient (Wildman–Crippen LogP) is 2.89. The second-order valence-electron chi connectivity index (χ2n) is 5.93. The molecule has 5 nitrogen and oxygen atoms in total. The fourth-order valence-corrected chi connectivity index (χ4v) is 2.98.